The molecule has 0 aliphatic carbocycles. The zero-order valence-electron chi connectivity index (χ0n) is 12.0. The second-order valence-electron chi connectivity index (χ2n) is 5.65. The van der Waals surface area contributed by atoms with Crippen molar-refractivity contribution in [3.63, 3.8) is 0 Å². The highest BCUT2D eigenvalue weighted by atomic mass is 19.1. The molecule has 20 heavy (non-hydrogen) atoms. The van der Waals surface area contributed by atoms with Crippen LogP contribution >= 0.6 is 0 Å². The van der Waals surface area contributed by atoms with E-state index in [2.05, 4.69) is 0 Å². The minimum absolute atomic E-state index is 0.323. The largest absolute Gasteiger partial charge is 0.321 e. The van der Waals surface area contributed by atoms with Crippen LogP contribution in [0.25, 0.3) is 0 Å². The van der Waals surface area contributed by atoms with Gasteiger partial charge < -0.3 is 5.73 Å². The van der Waals surface area contributed by atoms with E-state index < -0.39 is 17.2 Å². The van der Waals surface area contributed by atoms with Crippen molar-refractivity contribution in [2.75, 3.05) is 0 Å². The molecular weight excluding hydrogens is 256 g/mol. The first-order valence-electron chi connectivity index (χ1n) is 6.60. The molecule has 0 aromatic heterocycles. The predicted octanol–water partition coefficient (Wildman–Crippen LogP) is 4.00. The van der Waals surface area contributed by atoms with Gasteiger partial charge >= 0.3 is 0 Å². The molecule has 0 spiro atoms. The zero-order valence-corrected chi connectivity index (χ0v) is 12.0. The van der Waals surface area contributed by atoms with Crippen LogP contribution in [-0.2, 0) is 12.0 Å². The lowest BCUT2D eigenvalue weighted by Gasteiger charge is -2.28. The summed E-state index contributed by atoms with van der Waals surface area (Å²) in [5.74, 6) is -1.12. The Balaban J connectivity index is 2.37. The average Bonchev–Trinajstić information content (AvgIpc) is 2.35. The molecule has 0 bridgehead atoms. The molecule has 0 aliphatic heterocycles. The molecule has 2 aromatic rings. The van der Waals surface area contributed by atoms with Gasteiger partial charge in [-0.05, 0) is 49.9 Å². The molecule has 0 fully saturated rings. The van der Waals surface area contributed by atoms with Crippen molar-refractivity contribution in [3.8, 4) is 0 Å². The lowest BCUT2D eigenvalue weighted by Crippen LogP contribution is -2.36. The minimum Gasteiger partial charge on any atom is -0.321 e. The van der Waals surface area contributed by atoms with Crippen LogP contribution in [0.3, 0.4) is 0 Å². The van der Waals surface area contributed by atoms with Crippen molar-refractivity contribution in [1.29, 1.82) is 0 Å². The molecule has 0 radical (unpaired) electrons. The smallest absolute Gasteiger partial charge is 0.129 e. The Labute approximate surface area is 118 Å². The van der Waals surface area contributed by atoms with E-state index in [0.717, 1.165) is 22.8 Å². The summed E-state index contributed by atoms with van der Waals surface area (Å²) in [5, 5.41) is 0. The van der Waals surface area contributed by atoms with Crippen LogP contribution in [0.1, 0.15) is 29.2 Å². The fourth-order valence-electron chi connectivity index (χ4n) is 2.51. The highest BCUT2D eigenvalue weighted by molar-refractivity contribution is 5.37. The molecule has 0 aliphatic rings. The van der Waals surface area contributed by atoms with Crippen LogP contribution in [0.15, 0.2) is 36.4 Å². The number of benzene rings is 2. The van der Waals surface area contributed by atoms with E-state index in [9.17, 15) is 8.78 Å². The number of hydrogen-bond acceptors (Lipinski definition) is 1. The summed E-state index contributed by atoms with van der Waals surface area (Å²) in [4.78, 5) is 0. The summed E-state index contributed by atoms with van der Waals surface area (Å²) >= 11 is 0. The maximum atomic E-state index is 13.8. The Hall–Kier alpha value is -1.74. The molecular formula is C17H19F2N. The second kappa shape index (κ2) is 5.33. The Morgan fingerprint density at radius 2 is 1.75 bits per heavy atom. The minimum atomic E-state index is -0.700. The third-order valence-corrected chi connectivity index (χ3v) is 3.58. The summed E-state index contributed by atoms with van der Waals surface area (Å²) in [5.41, 5.74) is 9.29. The van der Waals surface area contributed by atoms with Crippen LogP contribution in [0.2, 0.25) is 0 Å². The quantitative estimate of drug-likeness (QED) is 0.900. The van der Waals surface area contributed by atoms with Gasteiger partial charge in [0.2, 0.25) is 0 Å². The number of nitrogens with two attached hydrogens (primary N) is 1. The van der Waals surface area contributed by atoms with Crippen molar-refractivity contribution < 1.29 is 8.78 Å². The van der Waals surface area contributed by atoms with Crippen LogP contribution in [-0.4, -0.2) is 0 Å². The summed E-state index contributed by atoms with van der Waals surface area (Å²) in [6, 6.07) is 9.67. The molecule has 0 amide bonds. The van der Waals surface area contributed by atoms with Crippen molar-refractivity contribution in [2.45, 2.75) is 32.7 Å². The second-order valence-corrected chi connectivity index (χ2v) is 5.65. The van der Waals surface area contributed by atoms with Crippen LogP contribution in [0.5, 0.6) is 0 Å². The van der Waals surface area contributed by atoms with E-state index in [1.54, 1.807) is 0 Å². The monoisotopic (exact) mass is 275 g/mol. The molecule has 106 valence electrons. The van der Waals surface area contributed by atoms with Gasteiger partial charge in [-0.1, -0.05) is 29.8 Å². The molecule has 2 aromatic carbocycles. The number of hydrogen-bond donors (Lipinski definition) is 1. The van der Waals surface area contributed by atoms with E-state index in [4.69, 9.17) is 5.73 Å². The van der Waals surface area contributed by atoms with Gasteiger partial charge in [0.1, 0.15) is 11.6 Å². The van der Waals surface area contributed by atoms with Gasteiger partial charge in [0, 0.05) is 11.6 Å². The lowest BCUT2D eigenvalue weighted by molar-refractivity contribution is 0.470. The van der Waals surface area contributed by atoms with E-state index in [-0.39, 0.29) is 0 Å². The van der Waals surface area contributed by atoms with Crippen molar-refractivity contribution in [2.24, 2.45) is 5.73 Å². The van der Waals surface area contributed by atoms with Gasteiger partial charge in [0.05, 0.1) is 0 Å². The number of rotatable bonds is 3. The molecule has 2 rings (SSSR count). The van der Waals surface area contributed by atoms with Crippen LogP contribution in [0, 0.1) is 25.5 Å². The fraction of sp³-hybridized carbons (Fsp3) is 0.294. The molecule has 3 heteroatoms. The van der Waals surface area contributed by atoms with Gasteiger partial charge in [-0.2, -0.15) is 0 Å². The topological polar surface area (TPSA) is 26.0 Å². The molecule has 1 nitrogen and oxygen atoms in total. The Morgan fingerprint density at radius 1 is 1.05 bits per heavy atom. The molecule has 0 heterocycles. The van der Waals surface area contributed by atoms with E-state index in [1.807, 2.05) is 39.0 Å². The molecule has 0 saturated carbocycles. The summed E-state index contributed by atoms with van der Waals surface area (Å²) < 4.78 is 26.7. The Bertz CT molecular complexity index is 633. The Kier molecular flexibility index (Phi) is 3.91. The van der Waals surface area contributed by atoms with Gasteiger partial charge in [0.15, 0.2) is 0 Å². The van der Waals surface area contributed by atoms with E-state index in [1.165, 1.54) is 12.1 Å². The highest BCUT2D eigenvalue weighted by Gasteiger charge is 2.25. The van der Waals surface area contributed by atoms with Gasteiger partial charge in [-0.15, -0.1) is 0 Å². The average molecular weight is 275 g/mol. The standard InChI is InChI=1S/C17H19F2N/c1-11-4-5-12(2)15(8-11)17(3,20)10-13-6-7-14(18)9-16(13)19/h4-9H,10,20H2,1-3H3. The molecule has 2 N–H and O–H groups in total. The molecule has 1 unspecified atom stereocenters. The molecule has 1 atom stereocenters. The lowest BCUT2D eigenvalue weighted by atomic mass is 9.83. The van der Waals surface area contributed by atoms with E-state index in [0.29, 0.717) is 12.0 Å². The van der Waals surface area contributed by atoms with Gasteiger partial charge in [-0.3, -0.25) is 0 Å². The first-order valence-corrected chi connectivity index (χ1v) is 6.60. The summed E-state index contributed by atoms with van der Waals surface area (Å²) in [6.07, 6.45) is 0.323. The van der Waals surface area contributed by atoms with Crippen molar-refractivity contribution in [1.82, 2.24) is 0 Å². The van der Waals surface area contributed by atoms with Crippen LogP contribution < -0.4 is 5.73 Å². The number of aryl methyl sites for hydroxylation is 2. The van der Waals surface area contributed by atoms with Crippen LogP contribution in [0.4, 0.5) is 8.78 Å². The van der Waals surface area contributed by atoms with Crippen molar-refractivity contribution >= 4 is 0 Å². The van der Waals surface area contributed by atoms with Crippen molar-refractivity contribution in [3.05, 3.63) is 70.3 Å². The SMILES string of the molecule is Cc1ccc(C)c(C(C)(N)Cc2ccc(F)cc2F)c1. The Morgan fingerprint density at radius 3 is 2.40 bits per heavy atom. The highest BCUT2D eigenvalue weighted by Crippen LogP contribution is 2.27. The predicted molar refractivity (Wildman–Crippen MR) is 77.5 cm³/mol. The van der Waals surface area contributed by atoms with Gasteiger partial charge in [0.25, 0.3) is 0 Å². The third kappa shape index (κ3) is 3.05. The normalized spacial score (nSPS) is 14.1. The van der Waals surface area contributed by atoms with E-state index >= 15 is 0 Å². The maximum Gasteiger partial charge on any atom is 0.129 e. The first-order chi connectivity index (χ1) is 9.29. The third-order valence-electron chi connectivity index (χ3n) is 3.58. The molecule has 0 saturated heterocycles. The maximum absolute atomic E-state index is 13.8. The summed E-state index contributed by atoms with van der Waals surface area (Å²) in [7, 11) is 0. The fourth-order valence-corrected chi connectivity index (χ4v) is 2.51. The summed E-state index contributed by atoms with van der Waals surface area (Å²) in [6.45, 7) is 5.86. The first kappa shape index (κ1) is 14.7. The zero-order chi connectivity index (χ0) is 14.9. The van der Waals surface area contributed by atoms with Gasteiger partial charge in [-0.25, -0.2) is 8.78 Å². The number of halogens is 2.